The molecule has 32 heavy (non-hydrogen) atoms. The number of nitrogens with zero attached hydrogens (tertiary/aromatic N) is 2. The number of nitrogens with one attached hydrogen (secondary N) is 2. The minimum absolute atomic E-state index is 0.0971. The molecule has 0 saturated heterocycles. The zero-order chi connectivity index (χ0) is 23.5. The number of amides is 1. The Hall–Kier alpha value is -3.44. The summed E-state index contributed by atoms with van der Waals surface area (Å²) in [6.45, 7) is 0.220. The largest absolute Gasteiger partial charge is 0.465 e. The molecular weight excluding hydrogens is 434 g/mol. The molecule has 4 N–H and O–H groups in total. The van der Waals surface area contributed by atoms with E-state index < -0.39 is 54.7 Å². The first-order chi connectivity index (χ1) is 15.0. The number of hydrogen-bond donors (Lipinski definition) is 3. The standard InChI is InChI=1S/C20H21F4N5O3/c1-11(19(9-31-18(25)26)7-20(23,24)8-19)13-4-12(2-3-14(13)22)29-17(30)15-5-28-16(6-27-15)32-10-21/h2-6,11H,7-10H2,1H3,(H3,25,26)(H,29,30)/t11-/m0/s1. The minimum atomic E-state index is -2.92. The van der Waals surface area contributed by atoms with Crippen molar-refractivity contribution in [1.29, 1.82) is 5.41 Å². The smallest absolute Gasteiger partial charge is 0.279 e. The fraction of sp³-hybridized carbons (Fsp3) is 0.400. The average Bonchev–Trinajstić information content (AvgIpc) is 2.72. The number of halogens is 4. The van der Waals surface area contributed by atoms with Gasteiger partial charge in [-0.1, -0.05) is 6.92 Å². The first kappa shape index (κ1) is 23.2. The van der Waals surface area contributed by atoms with Gasteiger partial charge in [-0.3, -0.25) is 10.2 Å². The lowest BCUT2D eigenvalue weighted by Gasteiger charge is -2.50. The highest BCUT2D eigenvalue weighted by Crippen LogP contribution is 2.59. The van der Waals surface area contributed by atoms with Crippen LogP contribution in [0, 0.1) is 16.6 Å². The van der Waals surface area contributed by atoms with Gasteiger partial charge in [0.25, 0.3) is 11.9 Å². The van der Waals surface area contributed by atoms with E-state index in [9.17, 15) is 22.4 Å². The Labute approximate surface area is 180 Å². The molecule has 1 aromatic carbocycles. The summed E-state index contributed by atoms with van der Waals surface area (Å²) in [4.78, 5) is 19.9. The number of carbonyl (C=O) groups excluding carboxylic acids is 1. The highest BCUT2D eigenvalue weighted by molar-refractivity contribution is 6.02. The van der Waals surface area contributed by atoms with Crippen molar-refractivity contribution in [3.63, 3.8) is 0 Å². The molecule has 0 aliphatic heterocycles. The number of ether oxygens (including phenoxy) is 2. The van der Waals surface area contributed by atoms with E-state index in [-0.39, 0.29) is 29.4 Å². The van der Waals surface area contributed by atoms with Crippen LogP contribution in [0.5, 0.6) is 5.88 Å². The molecule has 0 bridgehead atoms. The summed E-state index contributed by atoms with van der Waals surface area (Å²) in [7, 11) is 0. The van der Waals surface area contributed by atoms with Gasteiger partial charge >= 0.3 is 0 Å². The molecule has 1 atom stereocenters. The normalized spacial score (nSPS) is 17.0. The van der Waals surface area contributed by atoms with Gasteiger partial charge in [0.05, 0.1) is 19.0 Å². The Balaban J connectivity index is 1.79. The van der Waals surface area contributed by atoms with Gasteiger partial charge in [-0.05, 0) is 29.7 Å². The molecule has 0 unspecified atom stereocenters. The van der Waals surface area contributed by atoms with Crippen molar-refractivity contribution in [3.8, 4) is 5.88 Å². The highest BCUT2D eigenvalue weighted by atomic mass is 19.3. The summed E-state index contributed by atoms with van der Waals surface area (Å²) in [6.07, 6.45) is 1.06. The van der Waals surface area contributed by atoms with E-state index in [1.807, 2.05) is 0 Å². The van der Waals surface area contributed by atoms with Gasteiger partial charge < -0.3 is 20.5 Å². The predicted octanol–water partition coefficient (Wildman–Crippen LogP) is 3.60. The van der Waals surface area contributed by atoms with Crippen molar-refractivity contribution in [2.24, 2.45) is 11.1 Å². The molecule has 3 rings (SSSR count). The van der Waals surface area contributed by atoms with Crippen LogP contribution in [0.4, 0.5) is 23.2 Å². The molecule has 1 heterocycles. The van der Waals surface area contributed by atoms with Gasteiger partial charge in [-0.25, -0.2) is 27.5 Å². The summed E-state index contributed by atoms with van der Waals surface area (Å²) in [5, 5.41) is 9.73. The summed E-state index contributed by atoms with van der Waals surface area (Å²) >= 11 is 0. The van der Waals surface area contributed by atoms with E-state index in [1.165, 1.54) is 12.1 Å². The Bertz CT molecular complexity index is 995. The predicted molar refractivity (Wildman–Crippen MR) is 106 cm³/mol. The summed E-state index contributed by atoms with van der Waals surface area (Å²) in [6, 6.07) is 3.16. The topological polar surface area (TPSA) is 123 Å². The van der Waals surface area contributed by atoms with Crippen LogP contribution in [0.15, 0.2) is 30.6 Å². The second-order valence-corrected chi connectivity index (χ2v) is 7.63. The highest BCUT2D eigenvalue weighted by Gasteiger charge is 2.60. The van der Waals surface area contributed by atoms with Gasteiger partial charge in [0, 0.05) is 23.9 Å². The lowest BCUT2D eigenvalue weighted by atomic mass is 9.58. The summed E-state index contributed by atoms with van der Waals surface area (Å²) in [5.41, 5.74) is 4.27. The monoisotopic (exact) mass is 455 g/mol. The molecule has 12 heteroatoms. The molecule has 0 radical (unpaired) electrons. The molecule has 1 aromatic heterocycles. The van der Waals surface area contributed by atoms with Crippen LogP contribution in [-0.2, 0) is 4.74 Å². The number of alkyl halides is 3. The van der Waals surface area contributed by atoms with Crippen molar-refractivity contribution in [2.45, 2.75) is 31.6 Å². The average molecular weight is 455 g/mol. The van der Waals surface area contributed by atoms with Gasteiger partial charge in [-0.15, -0.1) is 0 Å². The molecule has 1 fully saturated rings. The van der Waals surface area contributed by atoms with E-state index in [0.29, 0.717) is 0 Å². The van der Waals surface area contributed by atoms with Crippen molar-refractivity contribution < 1.29 is 31.8 Å². The Morgan fingerprint density at radius 3 is 2.59 bits per heavy atom. The first-order valence-electron chi connectivity index (χ1n) is 9.51. The number of hydrogen-bond acceptors (Lipinski definition) is 6. The second kappa shape index (κ2) is 8.97. The van der Waals surface area contributed by atoms with Gasteiger partial charge in [0.15, 0.2) is 0 Å². The van der Waals surface area contributed by atoms with Crippen LogP contribution in [0.25, 0.3) is 0 Å². The van der Waals surface area contributed by atoms with E-state index in [2.05, 4.69) is 20.0 Å². The second-order valence-electron chi connectivity index (χ2n) is 7.63. The van der Waals surface area contributed by atoms with Crippen LogP contribution in [0.2, 0.25) is 0 Å². The summed E-state index contributed by atoms with van der Waals surface area (Å²) in [5.74, 6) is -5.06. The third-order valence-corrected chi connectivity index (χ3v) is 5.44. The number of carbonyl (C=O) groups is 1. The lowest BCUT2D eigenvalue weighted by molar-refractivity contribution is -0.183. The number of rotatable bonds is 8. The van der Waals surface area contributed by atoms with E-state index in [4.69, 9.17) is 15.9 Å². The Morgan fingerprint density at radius 1 is 1.31 bits per heavy atom. The molecular formula is C20H21F4N5O3. The summed E-state index contributed by atoms with van der Waals surface area (Å²) < 4.78 is 63.7. The minimum Gasteiger partial charge on any atom is -0.465 e. The number of benzene rings is 1. The van der Waals surface area contributed by atoms with Crippen LogP contribution in [0.1, 0.15) is 41.7 Å². The van der Waals surface area contributed by atoms with Crippen LogP contribution < -0.4 is 15.8 Å². The van der Waals surface area contributed by atoms with Crippen molar-refractivity contribution >= 4 is 17.6 Å². The zero-order valence-corrected chi connectivity index (χ0v) is 17.0. The molecule has 1 amide bonds. The van der Waals surface area contributed by atoms with Crippen molar-refractivity contribution in [2.75, 3.05) is 18.8 Å². The third kappa shape index (κ3) is 5.06. The molecule has 1 aliphatic carbocycles. The molecule has 2 aromatic rings. The molecule has 1 aliphatic rings. The lowest BCUT2D eigenvalue weighted by Crippen LogP contribution is -2.52. The zero-order valence-electron chi connectivity index (χ0n) is 17.0. The Kier molecular flexibility index (Phi) is 6.51. The first-order valence-corrected chi connectivity index (χ1v) is 9.51. The van der Waals surface area contributed by atoms with Gasteiger partial charge in [-0.2, -0.15) is 0 Å². The molecule has 0 spiro atoms. The molecule has 172 valence electrons. The third-order valence-electron chi connectivity index (χ3n) is 5.44. The number of nitrogens with two attached hydrogens (primary N) is 1. The van der Waals surface area contributed by atoms with Crippen LogP contribution in [-0.4, -0.2) is 41.3 Å². The van der Waals surface area contributed by atoms with E-state index in [1.54, 1.807) is 6.92 Å². The fourth-order valence-corrected chi connectivity index (χ4v) is 3.78. The maximum atomic E-state index is 14.6. The fourth-order valence-electron chi connectivity index (χ4n) is 3.78. The SMILES string of the molecule is C[C@@H](c1cc(NC(=O)c2cnc(OCF)cn2)ccc1F)C1(COC(=N)N)CC(F)(F)C1. The van der Waals surface area contributed by atoms with Crippen LogP contribution in [0.3, 0.4) is 0 Å². The maximum absolute atomic E-state index is 14.6. The maximum Gasteiger partial charge on any atom is 0.279 e. The quantitative estimate of drug-likeness (QED) is 0.318. The molecule has 8 nitrogen and oxygen atoms in total. The van der Waals surface area contributed by atoms with Crippen LogP contribution >= 0.6 is 0 Å². The van der Waals surface area contributed by atoms with E-state index >= 15 is 0 Å². The Morgan fingerprint density at radius 2 is 2.03 bits per heavy atom. The van der Waals surface area contributed by atoms with Crippen molar-refractivity contribution in [3.05, 3.63) is 47.7 Å². The number of anilines is 1. The van der Waals surface area contributed by atoms with Gasteiger partial charge in [0.2, 0.25) is 18.7 Å². The number of amidine groups is 1. The molecule has 1 saturated carbocycles. The van der Waals surface area contributed by atoms with Crippen molar-refractivity contribution in [1.82, 2.24) is 9.97 Å². The van der Waals surface area contributed by atoms with Gasteiger partial charge in [0.1, 0.15) is 11.5 Å². The van der Waals surface area contributed by atoms with E-state index in [0.717, 1.165) is 18.5 Å². The number of aromatic nitrogens is 2.